The summed E-state index contributed by atoms with van der Waals surface area (Å²) < 4.78 is 25.9. The van der Waals surface area contributed by atoms with E-state index in [4.69, 9.17) is 0 Å². The molecule has 1 unspecified atom stereocenters. The lowest BCUT2D eigenvalue weighted by molar-refractivity contribution is -0.384. The van der Waals surface area contributed by atoms with E-state index in [1.165, 1.54) is 6.07 Å². The van der Waals surface area contributed by atoms with Crippen LogP contribution in [0, 0.1) is 10.1 Å². The van der Waals surface area contributed by atoms with Crippen LogP contribution in [-0.4, -0.2) is 42.4 Å². The Balaban J connectivity index is 0.00000264. The fourth-order valence-electron chi connectivity index (χ4n) is 2.19. The molecular formula is C13H17ClF2N4O3. The van der Waals surface area contributed by atoms with Gasteiger partial charge in [0.2, 0.25) is 5.91 Å². The van der Waals surface area contributed by atoms with Crippen LogP contribution in [0.25, 0.3) is 0 Å². The summed E-state index contributed by atoms with van der Waals surface area (Å²) in [4.78, 5) is 22.0. The molecular weight excluding hydrogens is 334 g/mol. The zero-order chi connectivity index (χ0) is 16.2. The number of anilines is 1. The standard InChI is InChI=1S/C13H16F2N4O3.ClH/c14-13(15)7-10(18-8-13)12(20)17-6-5-16-9-3-1-2-4-11(9)19(21)22;/h1-4,10,16,18H,5-8H2,(H,17,20);1H. The number of alkyl halides is 2. The van der Waals surface area contributed by atoms with Gasteiger partial charge >= 0.3 is 0 Å². The number of rotatable bonds is 6. The van der Waals surface area contributed by atoms with E-state index in [2.05, 4.69) is 16.0 Å². The highest BCUT2D eigenvalue weighted by molar-refractivity contribution is 5.85. The summed E-state index contributed by atoms with van der Waals surface area (Å²) >= 11 is 0. The number of benzene rings is 1. The van der Waals surface area contributed by atoms with E-state index >= 15 is 0 Å². The lowest BCUT2D eigenvalue weighted by Gasteiger charge is -2.12. The Kier molecular flexibility index (Phi) is 6.64. The summed E-state index contributed by atoms with van der Waals surface area (Å²) in [7, 11) is 0. The molecule has 1 amide bonds. The molecule has 7 nitrogen and oxygen atoms in total. The maximum absolute atomic E-state index is 13.0. The van der Waals surface area contributed by atoms with Gasteiger partial charge in [0.25, 0.3) is 11.6 Å². The Hall–Kier alpha value is -2.00. The molecule has 1 atom stereocenters. The first-order valence-electron chi connectivity index (χ1n) is 6.75. The van der Waals surface area contributed by atoms with Gasteiger partial charge in [0, 0.05) is 25.6 Å². The first-order chi connectivity index (χ1) is 10.4. The van der Waals surface area contributed by atoms with Gasteiger partial charge in [0.15, 0.2) is 0 Å². The molecule has 1 aliphatic rings. The minimum absolute atomic E-state index is 0. The molecule has 1 saturated heterocycles. The number of halogens is 3. The van der Waals surface area contributed by atoms with Crippen molar-refractivity contribution in [1.82, 2.24) is 10.6 Å². The number of nitro benzene ring substituents is 1. The van der Waals surface area contributed by atoms with Gasteiger partial charge in [-0.25, -0.2) is 8.78 Å². The molecule has 1 aromatic rings. The van der Waals surface area contributed by atoms with E-state index in [1.807, 2.05) is 0 Å². The van der Waals surface area contributed by atoms with Crippen LogP contribution in [0.2, 0.25) is 0 Å². The minimum atomic E-state index is -2.86. The van der Waals surface area contributed by atoms with Crippen LogP contribution in [0.15, 0.2) is 24.3 Å². The van der Waals surface area contributed by atoms with Gasteiger partial charge in [-0.3, -0.25) is 20.2 Å². The number of carbonyl (C=O) groups is 1. The average Bonchev–Trinajstić information content (AvgIpc) is 2.84. The van der Waals surface area contributed by atoms with Gasteiger partial charge in [-0.05, 0) is 6.07 Å². The van der Waals surface area contributed by atoms with E-state index < -0.39 is 35.8 Å². The molecule has 10 heteroatoms. The van der Waals surface area contributed by atoms with Crippen molar-refractivity contribution >= 4 is 29.7 Å². The van der Waals surface area contributed by atoms with Crippen molar-refractivity contribution in [2.24, 2.45) is 0 Å². The second kappa shape index (κ2) is 8.02. The lowest BCUT2D eigenvalue weighted by atomic mass is 10.2. The van der Waals surface area contributed by atoms with Gasteiger partial charge in [0.05, 0.1) is 17.5 Å². The summed E-state index contributed by atoms with van der Waals surface area (Å²) in [6.07, 6.45) is -0.517. The Bertz CT molecular complexity index is 574. The predicted octanol–water partition coefficient (Wildman–Crippen LogP) is 1.54. The van der Waals surface area contributed by atoms with E-state index in [0.717, 1.165) is 0 Å². The number of carbonyl (C=O) groups excluding carboxylic acids is 1. The Morgan fingerprint density at radius 2 is 2.09 bits per heavy atom. The molecule has 3 N–H and O–H groups in total. The number of hydrogen-bond donors (Lipinski definition) is 3. The first kappa shape index (κ1) is 19.0. The molecule has 1 aromatic carbocycles. The average molecular weight is 351 g/mol. The number of nitrogens with one attached hydrogen (secondary N) is 3. The summed E-state index contributed by atoms with van der Waals surface area (Å²) in [6.45, 7) is -0.0755. The quantitative estimate of drug-likeness (QED) is 0.411. The maximum Gasteiger partial charge on any atom is 0.292 e. The molecule has 0 aliphatic carbocycles. The van der Waals surface area contributed by atoms with Crippen LogP contribution < -0.4 is 16.0 Å². The van der Waals surface area contributed by atoms with Crippen LogP contribution in [-0.2, 0) is 4.79 Å². The van der Waals surface area contributed by atoms with Crippen molar-refractivity contribution < 1.29 is 18.5 Å². The van der Waals surface area contributed by atoms with Crippen molar-refractivity contribution in [3.05, 3.63) is 34.4 Å². The summed E-state index contributed by atoms with van der Waals surface area (Å²) in [5.74, 6) is -3.35. The predicted molar refractivity (Wildman–Crippen MR) is 83.2 cm³/mol. The Labute approximate surface area is 137 Å². The van der Waals surface area contributed by atoms with Crippen LogP contribution in [0.4, 0.5) is 20.2 Å². The van der Waals surface area contributed by atoms with Crippen LogP contribution in [0.3, 0.4) is 0 Å². The molecule has 0 radical (unpaired) electrons. The van der Waals surface area contributed by atoms with Crippen molar-refractivity contribution in [3.63, 3.8) is 0 Å². The van der Waals surface area contributed by atoms with E-state index in [1.54, 1.807) is 18.2 Å². The van der Waals surface area contributed by atoms with Gasteiger partial charge in [-0.1, -0.05) is 12.1 Å². The molecule has 1 aliphatic heterocycles. The molecule has 0 spiro atoms. The minimum Gasteiger partial charge on any atom is -0.378 e. The summed E-state index contributed by atoms with van der Waals surface area (Å²) in [5.41, 5.74) is 0.276. The third-order valence-electron chi connectivity index (χ3n) is 3.27. The highest BCUT2D eigenvalue weighted by atomic mass is 35.5. The molecule has 1 fully saturated rings. The number of amides is 1. The van der Waals surface area contributed by atoms with Crippen LogP contribution >= 0.6 is 12.4 Å². The van der Waals surface area contributed by atoms with Crippen LogP contribution in [0.1, 0.15) is 6.42 Å². The fourth-order valence-corrected chi connectivity index (χ4v) is 2.19. The lowest BCUT2D eigenvalue weighted by Crippen LogP contribution is -2.42. The highest BCUT2D eigenvalue weighted by Crippen LogP contribution is 2.25. The smallest absolute Gasteiger partial charge is 0.292 e. The number of para-hydroxylation sites is 2. The molecule has 2 rings (SSSR count). The maximum atomic E-state index is 13.0. The molecule has 128 valence electrons. The first-order valence-corrected chi connectivity index (χ1v) is 6.75. The zero-order valence-electron chi connectivity index (χ0n) is 12.1. The zero-order valence-corrected chi connectivity index (χ0v) is 12.9. The molecule has 1 heterocycles. The third kappa shape index (κ3) is 5.29. The Morgan fingerprint density at radius 1 is 1.39 bits per heavy atom. The monoisotopic (exact) mass is 350 g/mol. The Morgan fingerprint density at radius 3 is 2.70 bits per heavy atom. The largest absolute Gasteiger partial charge is 0.378 e. The third-order valence-corrected chi connectivity index (χ3v) is 3.27. The molecule has 0 saturated carbocycles. The topological polar surface area (TPSA) is 96.3 Å². The summed E-state index contributed by atoms with van der Waals surface area (Å²) in [6, 6.07) is 5.22. The second-order valence-corrected chi connectivity index (χ2v) is 4.99. The number of hydrogen-bond acceptors (Lipinski definition) is 5. The fraction of sp³-hybridized carbons (Fsp3) is 0.462. The van der Waals surface area contributed by atoms with Gasteiger partial charge in [-0.15, -0.1) is 12.4 Å². The van der Waals surface area contributed by atoms with E-state index in [0.29, 0.717) is 5.69 Å². The van der Waals surface area contributed by atoms with E-state index in [-0.39, 0.29) is 31.2 Å². The van der Waals surface area contributed by atoms with Crippen molar-refractivity contribution in [2.45, 2.75) is 18.4 Å². The van der Waals surface area contributed by atoms with Gasteiger partial charge in [0.1, 0.15) is 5.69 Å². The normalized spacial score (nSPS) is 18.8. The van der Waals surface area contributed by atoms with Gasteiger partial charge < -0.3 is 10.6 Å². The molecule has 23 heavy (non-hydrogen) atoms. The second-order valence-electron chi connectivity index (χ2n) is 4.99. The van der Waals surface area contributed by atoms with Gasteiger partial charge in [-0.2, -0.15) is 0 Å². The molecule has 0 aromatic heterocycles. The van der Waals surface area contributed by atoms with E-state index in [9.17, 15) is 23.7 Å². The highest BCUT2D eigenvalue weighted by Gasteiger charge is 2.42. The SMILES string of the molecule is Cl.O=C(NCCNc1ccccc1[N+](=O)[O-])C1CC(F)(F)CN1. The van der Waals surface area contributed by atoms with Crippen molar-refractivity contribution in [2.75, 3.05) is 25.0 Å². The summed E-state index contributed by atoms with van der Waals surface area (Å²) in [5, 5.41) is 18.6. The van der Waals surface area contributed by atoms with Crippen molar-refractivity contribution in [3.8, 4) is 0 Å². The van der Waals surface area contributed by atoms with Crippen molar-refractivity contribution in [1.29, 1.82) is 0 Å². The van der Waals surface area contributed by atoms with Crippen LogP contribution in [0.5, 0.6) is 0 Å². The number of nitrogens with zero attached hydrogens (tertiary/aromatic N) is 1. The number of nitro groups is 1. The molecule has 0 bridgehead atoms.